The molecule has 3 aromatic rings. The summed E-state index contributed by atoms with van der Waals surface area (Å²) in [6.07, 6.45) is 3.02. The molecule has 0 unspecified atom stereocenters. The van der Waals surface area contributed by atoms with E-state index in [1.807, 2.05) is 60.7 Å². The van der Waals surface area contributed by atoms with Gasteiger partial charge >= 0.3 is 6.03 Å². The number of urea groups is 1. The molecule has 0 aromatic heterocycles. The Hall–Kier alpha value is -3.86. The van der Waals surface area contributed by atoms with Gasteiger partial charge in [0.1, 0.15) is 12.4 Å². The number of imide groups is 1. The van der Waals surface area contributed by atoms with Gasteiger partial charge in [-0.1, -0.05) is 72.8 Å². The molecule has 0 aliphatic carbocycles. The van der Waals surface area contributed by atoms with Gasteiger partial charge in [0, 0.05) is 6.20 Å². The highest BCUT2D eigenvalue weighted by molar-refractivity contribution is 6.06. The van der Waals surface area contributed by atoms with Crippen LogP contribution < -0.4 is 10.5 Å². The van der Waals surface area contributed by atoms with E-state index in [1.54, 1.807) is 30.3 Å². The maximum atomic E-state index is 12.9. The lowest BCUT2D eigenvalue weighted by molar-refractivity contribution is 0.0855. The zero-order valence-corrected chi connectivity index (χ0v) is 15.2. The van der Waals surface area contributed by atoms with Gasteiger partial charge in [0.05, 0.1) is 5.56 Å². The van der Waals surface area contributed by atoms with E-state index >= 15 is 0 Å². The lowest BCUT2D eigenvalue weighted by Crippen LogP contribution is -2.36. The molecule has 28 heavy (non-hydrogen) atoms. The van der Waals surface area contributed by atoms with Crippen LogP contribution in [0.25, 0.3) is 6.08 Å². The lowest BCUT2D eigenvalue weighted by Gasteiger charge is -2.17. The minimum Gasteiger partial charge on any atom is -0.488 e. The predicted octanol–water partition coefficient (Wildman–Crippen LogP) is 4.46. The van der Waals surface area contributed by atoms with E-state index in [2.05, 4.69) is 0 Å². The summed E-state index contributed by atoms with van der Waals surface area (Å²) >= 11 is 0. The van der Waals surface area contributed by atoms with E-state index in [1.165, 1.54) is 6.20 Å². The highest BCUT2D eigenvalue weighted by atomic mass is 16.5. The second-order valence-corrected chi connectivity index (χ2v) is 6.01. The van der Waals surface area contributed by atoms with Crippen molar-refractivity contribution in [3.05, 3.63) is 108 Å². The molecule has 3 amide bonds. The number of para-hydroxylation sites is 1. The Bertz CT molecular complexity index is 969. The predicted molar refractivity (Wildman–Crippen MR) is 108 cm³/mol. The van der Waals surface area contributed by atoms with Crippen LogP contribution in [0.1, 0.15) is 21.5 Å². The van der Waals surface area contributed by atoms with E-state index < -0.39 is 11.9 Å². The average Bonchev–Trinajstić information content (AvgIpc) is 2.74. The SMILES string of the molecule is NC(=O)N(C=Cc1ccccc1)C(=O)c1ccccc1OCc1ccccc1. The zero-order chi connectivity index (χ0) is 19.8. The van der Waals surface area contributed by atoms with Gasteiger partial charge in [0.2, 0.25) is 0 Å². The average molecular weight is 372 g/mol. The smallest absolute Gasteiger partial charge is 0.325 e. The van der Waals surface area contributed by atoms with E-state index in [9.17, 15) is 9.59 Å². The molecule has 0 spiro atoms. The molecule has 0 saturated carbocycles. The Morgan fingerprint density at radius 1 is 0.857 bits per heavy atom. The summed E-state index contributed by atoms with van der Waals surface area (Å²) in [5.41, 5.74) is 7.50. The Balaban J connectivity index is 1.81. The van der Waals surface area contributed by atoms with E-state index in [-0.39, 0.29) is 5.56 Å². The van der Waals surface area contributed by atoms with Crippen LogP contribution >= 0.6 is 0 Å². The third kappa shape index (κ3) is 4.86. The van der Waals surface area contributed by atoms with Crippen molar-refractivity contribution in [1.82, 2.24) is 4.90 Å². The molecule has 0 fully saturated rings. The molecule has 3 aromatic carbocycles. The van der Waals surface area contributed by atoms with E-state index in [4.69, 9.17) is 10.5 Å². The topological polar surface area (TPSA) is 72.6 Å². The van der Waals surface area contributed by atoms with Crippen molar-refractivity contribution < 1.29 is 14.3 Å². The second kappa shape index (κ2) is 9.19. The van der Waals surface area contributed by atoms with Crippen LogP contribution in [0.2, 0.25) is 0 Å². The molecule has 0 aliphatic heterocycles. The standard InChI is InChI=1S/C23H20N2O3/c24-23(27)25(16-15-18-9-3-1-4-10-18)22(26)20-13-7-8-14-21(20)28-17-19-11-5-2-6-12-19/h1-16H,17H2,(H2,24,27). The van der Waals surface area contributed by atoms with Gasteiger partial charge in [-0.3, -0.25) is 4.79 Å². The summed E-state index contributed by atoms with van der Waals surface area (Å²) in [6, 6.07) is 24.9. The van der Waals surface area contributed by atoms with Crippen LogP contribution in [-0.4, -0.2) is 16.8 Å². The maximum absolute atomic E-state index is 12.9. The number of benzene rings is 3. The van der Waals surface area contributed by atoms with Gasteiger partial charge in [0.15, 0.2) is 0 Å². The molecule has 5 nitrogen and oxygen atoms in total. The maximum Gasteiger partial charge on any atom is 0.325 e. The third-order valence-corrected chi connectivity index (χ3v) is 4.03. The zero-order valence-electron chi connectivity index (χ0n) is 15.2. The van der Waals surface area contributed by atoms with Gasteiger partial charge in [-0.25, -0.2) is 9.69 Å². The molecule has 0 bridgehead atoms. The number of hydrogen-bond donors (Lipinski definition) is 1. The minimum atomic E-state index is -0.866. The number of amides is 3. The largest absolute Gasteiger partial charge is 0.488 e. The Morgan fingerprint density at radius 3 is 2.14 bits per heavy atom. The van der Waals surface area contributed by atoms with Gasteiger partial charge in [-0.15, -0.1) is 0 Å². The van der Waals surface area contributed by atoms with Crippen LogP contribution in [0.3, 0.4) is 0 Å². The Morgan fingerprint density at radius 2 is 1.46 bits per heavy atom. The molecule has 2 N–H and O–H groups in total. The Labute approximate surface area is 163 Å². The molecular weight excluding hydrogens is 352 g/mol. The van der Waals surface area contributed by atoms with Crippen molar-refractivity contribution in [3.63, 3.8) is 0 Å². The monoisotopic (exact) mass is 372 g/mol. The van der Waals surface area contributed by atoms with Crippen LogP contribution in [0, 0.1) is 0 Å². The normalized spacial score (nSPS) is 10.6. The fourth-order valence-electron chi connectivity index (χ4n) is 2.60. The van der Waals surface area contributed by atoms with Gasteiger partial charge < -0.3 is 10.5 Å². The van der Waals surface area contributed by atoms with E-state index in [0.717, 1.165) is 16.0 Å². The highest BCUT2D eigenvalue weighted by Crippen LogP contribution is 2.22. The summed E-state index contributed by atoms with van der Waals surface area (Å²) < 4.78 is 5.81. The van der Waals surface area contributed by atoms with Crippen molar-refractivity contribution in [2.45, 2.75) is 6.61 Å². The first-order valence-corrected chi connectivity index (χ1v) is 8.77. The quantitative estimate of drug-likeness (QED) is 0.694. The number of carbonyl (C=O) groups is 2. The molecule has 5 heteroatoms. The fraction of sp³-hybridized carbons (Fsp3) is 0.0435. The second-order valence-electron chi connectivity index (χ2n) is 6.01. The molecule has 0 heterocycles. The molecule has 140 valence electrons. The first-order valence-electron chi connectivity index (χ1n) is 8.77. The van der Waals surface area contributed by atoms with Crippen molar-refractivity contribution >= 4 is 18.0 Å². The third-order valence-electron chi connectivity index (χ3n) is 4.03. The first kappa shape index (κ1) is 18.9. The molecule has 0 atom stereocenters. The summed E-state index contributed by atoms with van der Waals surface area (Å²) in [4.78, 5) is 25.7. The molecule has 3 rings (SSSR count). The van der Waals surface area contributed by atoms with Gasteiger partial charge in [-0.2, -0.15) is 0 Å². The highest BCUT2D eigenvalue weighted by Gasteiger charge is 2.21. The number of carbonyl (C=O) groups excluding carboxylic acids is 2. The lowest BCUT2D eigenvalue weighted by atomic mass is 10.1. The summed E-state index contributed by atoms with van der Waals surface area (Å²) in [7, 11) is 0. The number of nitrogens with two attached hydrogens (primary N) is 1. The number of nitrogens with zero attached hydrogens (tertiary/aromatic N) is 1. The first-order chi connectivity index (χ1) is 13.6. The van der Waals surface area contributed by atoms with Crippen molar-refractivity contribution in [2.24, 2.45) is 5.73 Å². The van der Waals surface area contributed by atoms with Crippen molar-refractivity contribution in [2.75, 3.05) is 0 Å². The summed E-state index contributed by atoms with van der Waals surface area (Å²) in [5.74, 6) is -0.168. The van der Waals surface area contributed by atoms with Crippen LogP contribution in [0.4, 0.5) is 4.79 Å². The summed E-state index contributed by atoms with van der Waals surface area (Å²) in [5, 5.41) is 0. The van der Waals surface area contributed by atoms with Gasteiger partial charge in [-0.05, 0) is 29.3 Å². The fourth-order valence-corrected chi connectivity index (χ4v) is 2.60. The number of primary amides is 1. The summed E-state index contributed by atoms with van der Waals surface area (Å²) in [6.45, 7) is 0.307. The molecular formula is C23H20N2O3. The van der Waals surface area contributed by atoms with Crippen molar-refractivity contribution in [1.29, 1.82) is 0 Å². The van der Waals surface area contributed by atoms with Crippen molar-refractivity contribution in [3.8, 4) is 5.75 Å². The number of ether oxygens (including phenoxy) is 1. The van der Waals surface area contributed by atoms with Crippen LogP contribution in [-0.2, 0) is 6.61 Å². The van der Waals surface area contributed by atoms with Crippen LogP contribution in [0.15, 0.2) is 91.1 Å². The van der Waals surface area contributed by atoms with Crippen LogP contribution in [0.5, 0.6) is 5.75 Å². The molecule has 0 radical (unpaired) electrons. The molecule has 0 aliphatic rings. The number of rotatable bonds is 6. The van der Waals surface area contributed by atoms with Gasteiger partial charge in [0.25, 0.3) is 5.91 Å². The Kier molecular flexibility index (Phi) is 6.21. The minimum absolute atomic E-state index is 0.259. The number of hydrogen-bond acceptors (Lipinski definition) is 3. The van der Waals surface area contributed by atoms with E-state index in [0.29, 0.717) is 12.4 Å². The molecule has 0 saturated heterocycles.